The molecule has 1 saturated carbocycles. The summed E-state index contributed by atoms with van der Waals surface area (Å²) < 4.78 is 7.32. The molecule has 2 N–H and O–H groups in total. The lowest BCUT2D eigenvalue weighted by Gasteiger charge is -2.45. The average molecular weight is 524 g/mol. The molecule has 2 atom stereocenters. The number of piperidine rings is 1. The number of hydrogen-bond acceptors (Lipinski definition) is 6. The molecule has 2 saturated heterocycles. The summed E-state index contributed by atoms with van der Waals surface area (Å²) >= 11 is 0. The predicted molar refractivity (Wildman–Crippen MR) is 152 cm³/mol. The Labute approximate surface area is 226 Å². The Balaban J connectivity index is 1.31. The van der Waals surface area contributed by atoms with Gasteiger partial charge in [-0.1, -0.05) is 44.2 Å². The highest BCUT2D eigenvalue weighted by Crippen LogP contribution is 2.44. The normalized spacial score (nSPS) is 25.1. The van der Waals surface area contributed by atoms with Crippen LogP contribution in [0.2, 0.25) is 0 Å². The van der Waals surface area contributed by atoms with Crippen LogP contribution in [0, 0.1) is 0 Å². The second-order valence-corrected chi connectivity index (χ2v) is 12.4. The Bertz CT molecular complexity index is 1150. The smallest absolute Gasteiger partial charge is 0.407 e. The van der Waals surface area contributed by atoms with Gasteiger partial charge in [-0.3, -0.25) is 9.69 Å². The molecule has 2 aromatic rings. The Kier molecular flexibility index (Phi) is 8.26. The standard InChI is InChI=1S/C30H45N5O3/c1-30(2,3)38-29(37)32-18-17-31-27-28(36)35(26-14-10-9-13-25(26)33-27)24-19-22-15-16-23(20-24)34(22)21-11-7-5-4-6-8-12-21/h9-10,13-14,21-24H,4-8,11-12,15-20H2,1-3H3,(H,31,33)(H,32,37). The van der Waals surface area contributed by atoms with Gasteiger partial charge in [0.1, 0.15) is 5.60 Å². The monoisotopic (exact) mass is 523 g/mol. The maximum Gasteiger partial charge on any atom is 0.407 e. The zero-order chi connectivity index (χ0) is 26.7. The highest BCUT2D eigenvalue weighted by atomic mass is 16.6. The van der Waals surface area contributed by atoms with Crippen LogP contribution in [0.1, 0.15) is 97.4 Å². The summed E-state index contributed by atoms with van der Waals surface area (Å²) in [4.78, 5) is 33.3. The minimum Gasteiger partial charge on any atom is -0.444 e. The fraction of sp³-hybridized carbons (Fsp3) is 0.700. The molecule has 0 spiro atoms. The van der Waals surface area contributed by atoms with E-state index in [1.54, 1.807) is 0 Å². The molecule has 0 radical (unpaired) electrons. The molecule has 3 fully saturated rings. The fourth-order valence-corrected chi connectivity index (χ4v) is 7.02. The van der Waals surface area contributed by atoms with Gasteiger partial charge in [0.05, 0.1) is 11.0 Å². The molecule has 208 valence electrons. The van der Waals surface area contributed by atoms with Crippen LogP contribution in [0.25, 0.3) is 11.0 Å². The summed E-state index contributed by atoms with van der Waals surface area (Å²) in [5.41, 5.74) is 1.13. The van der Waals surface area contributed by atoms with Crippen LogP contribution in [0.5, 0.6) is 0 Å². The maximum atomic E-state index is 13.8. The van der Waals surface area contributed by atoms with E-state index < -0.39 is 11.7 Å². The maximum absolute atomic E-state index is 13.8. The van der Waals surface area contributed by atoms with Crippen LogP contribution < -0.4 is 16.2 Å². The van der Waals surface area contributed by atoms with Crippen LogP contribution in [0.3, 0.4) is 0 Å². The summed E-state index contributed by atoms with van der Waals surface area (Å²) in [6, 6.07) is 10.0. The number of rotatable bonds is 6. The highest BCUT2D eigenvalue weighted by molar-refractivity contribution is 5.76. The number of aromatic nitrogens is 2. The third-order valence-corrected chi connectivity index (χ3v) is 8.51. The third kappa shape index (κ3) is 6.16. The summed E-state index contributed by atoms with van der Waals surface area (Å²) in [7, 11) is 0. The van der Waals surface area contributed by atoms with Gasteiger partial charge in [-0.05, 0) is 71.4 Å². The molecule has 5 rings (SSSR count). The van der Waals surface area contributed by atoms with Crippen molar-refractivity contribution in [2.24, 2.45) is 0 Å². The molecule has 2 bridgehead atoms. The number of nitrogens with zero attached hydrogens (tertiary/aromatic N) is 3. The lowest BCUT2D eigenvalue weighted by atomic mass is 9.89. The Morgan fingerprint density at radius 1 is 0.921 bits per heavy atom. The molecule has 2 unspecified atom stereocenters. The Hall–Kier alpha value is -2.61. The number of para-hydroxylation sites is 2. The number of ether oxygens (including phenoxy) is 1. The molecular weight excluding hydrogens is 478 g/mol. The van der Waals surface area contributed by atoms with E-state index in [2.05, 4.69) is 20.5 Å². The number of amides is 1. The summed E-state index contributed by atoms with van der Waals surface area (Å²) in [5, 5.41) is 5.93. The quantitative estimate of drug-likeness (QED) is 0.478. The molecule has 1 aliphatic carbocycles. The van der Waals surface area contributed by atoms with Gasteiger partial charge in [0.2, 0.25) is 0 Å². The van der Waals surface area contributed by atoms with E-state index in [1.807, 2.05) is 49.6 Å². The van der Waals surface area contributed by atoms with Gasteiger partial charge in [0, 0.05) is 37.3 Å². The number of hydrogen-bond donors (Lipinski definition) is 2. The van der Waals surface area contributed by atoms with Gasteiger partial charge < -0.3 is 19.9 Å². The molecular formula is C30H45N5O3. The Morgan fingerprint density at radius 3 is 2.26 bits per heavy atom. The number of alkyl carbamates (subject to hydrolysis) is 1. The first kappa shape index (κ1) is 27.0. The van der Waals surface area contributed by atoms with Crippen molar-refractivity contribution in [3.8, 4) is 0 Å². The van der Waals surface area contributed by atoms with Crippen LogP contribution in [-0.4, -0.2) is 57.4 Å². The van der Waals surface area contributed by atoms with Crippen molar-refractivity contribution < 1.29 is 9.53 Å². The minimum absolute atomic E-state index is 0.0650. The van der Waals surface area contributed by atoms with Crippen LogP contribution in [-0.2, 0) is 4.74 Å². The zero-order valence-electron chi connectivity index (χ0n) is 23.4. The first-order chi connectivity index (χ1) is 18.3. The van der Waals surface area contributed by atoms with E-state index in [1.165, 1.54) is 57.8 Å². The predicted octanol–water partition coefficient (Wildman–Crippen LogP) is 5.61. The van der Waals surface area contributed by atoms with Gasteiger partial charge >= 0.3 is 6.09 Å². The van der Waals surface area contributed by atoms with Crippen molar-refractivity contribution in [2.75, 3.05) is 18.4 Å². The van der Waals surface area contributed by atoms with Gasteiger partial charge in [-0.25, -0.2) is 9.78 Å². The number of fused-ring (bicyclic) bond motifs is 3. The molecule has 38 heavy (non-hydrogen) atoms. The number of benzene rings is 1. The molecule has 3 aliphatic rings. The molecule has 1 aromatic heterocycles. The van der Waals surface area contributed by atoms with Crippen molar-refractivity contribution in [2.45, 2.75) is 121 Å². The van der Waals surface area contributed by atoms with Crippen LogP contribution in [0.4, 0.5) is 10.6 Å². The number of carbonyl (C=O) groups excluding carboxylic acids is 1. The van der Waals surface area contributed by atoms with Crippen LogP contribution >= 0.6 is 0 Å². The molecule has 8 nitrogen and oxygen atoms in total. The van der Waals surface area contributed by atoms with E-state index in [-0.39, 0.29) is 11.6 Å². The van der Waals surface area contributed by atoms with E-state index in [0.717, 1.165) is 23.9 Å². The first-order valence-corrected chi connectivity index (χ1v) is 14.8. The number of nitrogens with one attached hydrogen (secondary N) is 2. The van der Waals surface area contributed by atoms with E-state index in [9.17, 15) is 9.59 Å². The van der Waals surface area contributed by atoms with Crippen LogP contribution in [0.15, 0.2) is 29.1 Å². The van der Waals surface area contributed by atoms with Crippen molar-refractivity contribution in [1.29, 1.82) is 0 Å². The topological polar surface area (TPSA) is 88.5 Å². The van der Waals surface area contributed by atoms with Gasteiger partial charge in [0.25, 0.3) is 5.56 Å². The molecule has 3 heterocycles. The zero-order valence-corrected chi connectivity index (χ0v) is 23.4. The summed E-state index contributed by atoms with van der Waals surface area (Å²) in [6.45, 7) is 6.24. The summed E-state index contributed by atoms with van der Waals surface area (Å²) in [6.07, 6.45) is 13.6. The van der Waals surface area contributed by atoms with E-state index >= 15 is 0 Å². The minimum atomic E-state index is -0.546. The van der Waals surface area contributed by atoms with Gasteiger partial charge in [-0.2, -0.15) is 0 Å². The fourth-order valence-electron chi connectivity index (χ4n) is 7.02. The van der Waals surface area contributed by atoms with Gasteiger partial charge in [-0.15, -0.1) is 0 Å². The second kappa shape index (κ2) is 11.6. The van der Waals surface area contributed by atoms with Gasteiger partial charge in [0.15, 0.2) is 5.82 Å². The highest BCUT2D eigenvalue weighted by Gasteiger charge is 2.44. The van der Waals surface area contributed by atoms with Crippen molar-refractivity contribution in [3.05, 3.63) is 34.6 Å². The van der Waals surface area contributed by atoms with E-state index in [4.69, 9.17) is 4.74 Å². The molecule has 1 aromatic carbocycles. The Morgan fingerprint density at radius 2 is 1.58 bits per heavy atom. The van der Waals surface area contributed by atoms with Crippen molar-refractivity contribution >= 4 is 22.9 Å². The molecule has 2 aliphatic heterocycles. The third-order valence-electron chi connectivity index (χ3n) is 8.51. The molecule has 8 heteroatoms. The number of anilines is 1. The second-order valence-electron chi connectivity index (χ2n) is 12.4. The number of carbonyl (C=O) groups is 1. The first-order valence-electron chi connectivity index (χ1n) is 14.8. The molecule has 1 amide bonds. The lowest BCUT2D eigenvalue weighted by Crippen LogP contribution is -2.50. The van der Waals surface area contributed by atoms with Crippen molar-refractivity contribution in [3.63, 3.8) is 0 Å². The lowest BCUT2D eigenvalue weighted by molar-refractivity contribution is 0.0498. The average Bonchev–Trinajstić information content (AvgIpc) is 3.09. The van der Waals surface area contributed by atoms with E-state index in [0.29, 0.717) is 37.0 Å². The largest absolute Gasteiger partial charge is 0.444 e. The van der Waals surface area contributed by atoms with Crippen molar-refractivity contribution in [1.82, 2.24) is 19.8 Å². The SMILES string of the molecule is CC(C)(C)OC(=O)NCCNc1nc2ccccc2n(C2CC3CCC(C2)N3C2CCCCCCC2)c1=O. The summed E-state index contributed by atoms with van der Waals surface area (Å²) in [5.74, 6) is 0.351.